The first-order valence-electron chi connectivity index (χ1n) is 14.4. The summed E-state index contributed by atoms with van der Waals surface area (Å²) in [5.74, 6) is -1.58. The summed E-state index contributed by atoms with van der Waals surface area (Å²) in [4.78, 5) is 25.8. The monoisotopic (exact) mass is 516 g/mol. The molecule has 3 N–H and O–H groups in total. The molecular weight excluding hydrogens is 468 g/mol. The highest BCUT2D eigenvalue weighted by molar-refractivity contribution is 5.71. The predicted octanol–water partition coefficient (Wildman–Crippen LogP) is 5.82. The van der Waals surface area contributed by atoms with Crippen LogP contribution in [0, 0.1) is 39.4 Å². The highest BCUT2D eigenvalue weighted by atomic mass is 17.2. The highest BCUT2D eigenvalue weighted by Gasteiger charge is 2.81. The molecule has 0 aromatic carbocycles. The van der Waals surface area contributed by atoms with E-state index in [0.29, 0.717) is 38.0 Å². The summed E-state index contributed by atoms with van der Waals surface area (Å²) in [6, 6.07) is 0. The Kier molecular flexibility index (Phi) is 6.03. The van der Waals surface area contributed by atoms with Gasteiger partial charge >= 0.3 is 5.97 Å². The molecule has 6 heteroatoms. The van der Waals surface area contributed by atoms with Gasteiger partial charge in [0.1, 0.15) is 11.2 Å². The lowest BCUT2D eigenvalue weighted by Crippen LogP contribution is -2.78. The molecule has 2 saturated heterocycles. The van der Waals surface area contributed by atoms with E-state index in [2.05, 4.69) is 61.1 Å². The quantitative estimate of drug-likeness (QED) is 0.304. The van der Waals surface area contributed by atoms with Gasteiger partial charge < -0.3 is 15.3 Å². The number of carboxylic acids is 1. The Labute approximate surface area is 222 Å². The van der Waals surface area contributed by atoms with Crippen LogP contribution >= 0.6 is 0 Å². The molecule has 2 spiro atoms. The molecule has 6 rings (SSSR count). The number of carbonyl (C=O) groups is 1. The molecule has 3 saturated carbocycles. The lowest BCUT2D eigenvalue weighted by molar-refractivity contribution is -0.522. The fourth-order valence-electron chi connectivity index (χ4n) is 10.0. The second-order valence-electron chi connectivity index (χ2n) is 14.6. The van der Waals surface area contributed by atoms with Crippen molar-refractivity contribution in [1.29, 1.82) is 0 Å². The van der Waals surface area contributed by atoms with Crippen LogP contribution in [0.25, 0.3) is 0 Å². The molecule has 5 fully saturated rings. The van der Waals surface area contributed by atoms with Crippen LogP contribution in [0.1, 0.15) is 99.8 Å². The van der Waals surface area contributed by atoms with Crippen molar-refractivity contribution in [2.24, 2.45) is 39.4 Å². The third-order valence-corrected chi connectivity index (χ3v) is 12.9. The van der Waals surface area contributed by atoms with E-state index in [4.69, 9.17) is 9.78 Å². The zero-order chi connectivity index (χ0) is 27.4. The molecule has 6 nitrogen and oxygen atoms in total. The third kappa shape index (κ3) is 3.05. The van der Waals surface area contributed by atoms with E-state index in [9.17, 15) is 20.1 Å². The van der Waals surface area contributed by atoms with Gasteiger partial charge in [0, 0.05) is 22.2 Å². The van der Waals surface area contributed by atoms with Crippen molar-refractivity contribution in [3.63, 3.8) is 0 Å². The molecule has 0 amide bonds. The van der Waals surface area contributed by atoms with Gasteiger partial charge in [-0.05, 0) is 68.3 Å². The van der Waals surface area contributed by atoms with Gasteiger partial charge in [0.25, 0.3) is 0 Å². The SMILES string of the molecule is C=C(CCC(C(=O)O)C1C(O)CC2(C)C34CCC5(OO3)C(C)(CCC(O)C5(C)C)C4=CCC12C)C(C)C. The van der Waals surface area contributed by atoms with Gasteiger partial charge in [0.05, 0.1) is 18.1 Å². The molecule has 0 aromatic rings. The van der Waals surface area contributed by atoms with Crippen LogP contribution in [0.5, 0.6) is 0 Å². The number of aliphatic hydroxyl groups excluding tert-OH is 2. The van der Waals surface area contributed by atoms with Crippen molar-refractivity contribution < 1.29 is 29.9 Å². The fraction of sp³-hybridized carbons (Fsp3) is 0.839. The first-order valence-corrected chi connectivity index (χ1v) is 14.4. The second kappa shape index (κ2) is 8.16. The van der Waals surface area contributed by atoms with Gasteiger partial charge in [-0.3, -0.25) is 4.79 Å². The standard InChI is InChI=1S/C31H48O6/c1-18(2)19(3)9-10-20(25(34)35)24-21(32)17-29(8)28(24,7)13-11-22-27(6)14-12-23(33)26(4,5)31(27)16-15-30(22,29)36-37-31/h11,18,20-21,23-24,32-33H,3,9-10,12-17H2,1-2,4-8H3,(H,34,35). The van der Waals surface area contributed by atoms with E-state index < -0.39 is 57.5 Å². The molecule has 2 bridgehead atoms. The van der Waals surface area contributed by atoms with E-state index in [1.807, 2.05) is 0 Å². The van der Waals surface area contributed by atoms with Gasteiger partial charge in [-0.15, -0.1) is 0 Å². The number of aliphatic hydroxyl groups is 2. The number of fused-ring (bicyclic) bond motifs is 3. The lowest BCUT2D eigenvalue weighted by Gasteiger charge is -2.74. The summed E-state index contributed by atoms with van der Waals surface area (Å²) in [7, 11) is 0. The minimum Gasteiger partial charge on any atom is -0.481 e. The molecule has 6 aliphatic rings. The van der Waals surface area contributed by atoms with Gasteiger partial charge in [-0.2, -0.15) is 0 Å². The van der Waals surface area contributed by atoms with Crippen LogP contribution in [-0.4, -0.2) is 44.7 Å². The topological polar surface area (TPSA) is 96.2 Å². The summed E-state index contributed by atoms with van der Waals surface area (Å²) < 4.78 is 0. The van der Waals surface area contributed by atoms with Crippen molar-refractivity contribution in [2.45, 2.75) is 123 Å². The predicted molar refractivity (Wildman–Crippen MR) is 141 cm³/mol. The first-order chi connectivity index (χ1) is 17.0. The maximum Gasteiger partial charge on any atom is 0.306 e. The number of hydrogen-bond donors (Lipinski definition) is 3. The Morgan fingerprint density at radius 3 is 2.35 bits per heavy atom. The average molecular weight is 517 g/mol. The summed E-state index contributed by atoms with van der Waals surface area (Å²) in [5, 5.41) is 33.0. The van der Waals surface area contributed by atoms with Crippen molar-refractivity contribution in [1.82, 2.24) is 0 Å². The average Bonchev–Trinajstić information content (AvgIpc) is 3.03. The zero-order valence-corrected chi connectivity index (χ0v) is 23.9. The van der Waals surface area contributed by atoms with E-state index in [-0.39, 0.29) is 5.41 Å². The maximum absolute atomic E-state index is 12.7. The summed E-state index contributed by atoms with van der Waals surface area (Å²) in [5.41, 5.74) is -0.752. The van der Waals surface area contributed by atoms with Crippen molar-refractivity contribution in [3.8, 4) is 0 Å². The lowest BCUT2D eigenvalue weighted by atomic mass is 9.37. The van der Waals surface area contributed by atoms with Crippen LogP contribution in [0.2, 0.25) is 0 Å². The summed E-state index contributed by atoms with van der Waals surface area (Å²) >= 11 is 0. The summed E-state index contributed by atoms with van der Waals surface area (Å²) in [6.07, 6.45) is 6.49. The Hall–Kier alpha value is -1.21. The van der Waals surface area contributed by atoms with Crippen molar-refractivity contribution >= 4 is 5.97 Å². The van der Waals surface area contributed by atoms with Crippen LogP contribution in [0.15, 0.2) is 23.8 Å². The molecule has 2 heterocycles. The van der Waals surface area contributed by atoms with Gasteiger partial charge in [-0.1, -0.05) is 66.7 Å². The minimum absolute atomic E-state index is 0.291. The molecule has 2 aliphatic heterocycles. The van der Waals surface area contributed by atoms with Crippen LogP contribution < -0.4 is 0 Å². The molecule has 0 aromatic heterocycles. The van der Waals surface area contributed by atoms with Crippen LogP contribution in [0.4, 0.5) is 0 Å². The van der Waals surface area contributed by atoms with Crippen LogP contribution in [-0.2, 0) is 14.6 Å². The van der Waals surface area contributed by atoms with E-state index >= 15 is 0 Å². The van der Waals surface area contributed by atoms with E-state index in [1.165, 1.54) is 5.57 Å². The summed E-state index contributed by atoms with van der Waals surface area (Å²) in [6.45, 7) is 19.2. The Bertz CT molecular complexity index is 1020. The maximum atomic E-state index is 12.7. The van der Waals surface area contributed by atoms with Crippen molar-refractivity contribution in [2.75, 3.05) is 0 Å². The highest BCUT2D eigenvalue weighted by Crippen LogP contribution is 2.79. The van der Waals surface area contributed by atoms with Crippen LogP contribution in [0.3, 0.4) is 0 Å². The number of carboxylic acid groups (broad SMARTS) is 1. The number of rotatable bonds is 6. The normalized spacial score (nSPS) is 48.6. The number of aliphatic carboxylic acids is 1. The van der Waals surface area contributed by atoms with E-state index in [0.717, 1.165) is 24.8 Å². The minimum atomic E-state index is -0.836. The largest absolute Gasteiger partial charge is 0.481 e. The van der Waals surface area contributed by atoms with Gasteiger partial charge in [0.2, 0.25) is 0 Å². The Morgan fingerprint density at radius 2 is 1.78 bits per heavy atom. The zero-order valence-electron chi connectivity index (χ0n) is 23.9. The molecular formula is C31H48O6. The molecule has 0 radical (unpaired) electrons. The molecule has 9 unspecified atom stereocenters. The first kappa shape index (κ1) is 27.4. The number of hydrogen-bond acceptors (Lipinski definition) is 5. The molecule has 4 aliphatic carbocycles. The number of allylic oxidation sites excluding steroid dienone is 2. The van der Waals surface area contributed by atoms with E-state index in [1.54, 1.807) is 0 Å². The Morgan fingerprint density at radius 1 is 1.11 bits per heavy atom. The second-order valence-corrected chi connectivity index (χ2v) is 14.6. The smallest absolute Gasteiger partial charge is 0.306 e. The Balaban J connectivity index is 1.58. The molecule has 37 heavy (non-hydrogen) atoms. The third-order valence-electron chi connectivity index (χ3n) is 12.9. The fourth-order valence-corrected chi connectivity index (χ4v) is 10.0. The van der Waals surface area contributed by atoms with Crippen molar-refractivity contribution in [3.05, 3.63) is 23.8 Å². The van der Waals surface area contributed by atoms with Gasteiger partial charge in [-0.25, -0.2) is 9.78 Å². The molecule has 208 valence electrons. The van der Waals surface area contributed by atoms with Gasteiger partial charge in [0.15, 0.2) is 0 Å². The molecule has 9 atom stereocenters.